The number of thiocarbonyl (C=S) groups is 1. The van der Waals surface area contributed by atoms with E-state index in [1.807, 2.05) is 43.3 Å². The number of carbonyl (C=O) groups excluding carboxylic acids is 1. The van der Waals surface area contributed by atoms with Gasteiger partial charge in [0.05, 0.1) is 32.9 Å². The highest BCUT2D eigenvalue weighted by molar-refractivity contribution is 7.80. The van der Waals surface area contributed by atoms with Crippen LogP contribution in [0, 0.1) is 6.92 Å². The molecule has 0 aromatic heterocycles. The van der Waals surface area contributed by atoms with Crippen molar-refractivity contribution in [1.82, 2.24) is 4.90 Å². The SMILES string of the molecule is COC(=O)c1ccc(OC[C@@H]2c3cc(OC)c(OC)cc3CCN2C(=S)Nc2ccccc2C)cc1. The molecule has 1 atom stereocenters. The van der Waals surface area contributed by atoms with Crippen LogP contribution in [-0.4, -0.2) is 50.5 Å². The van der Waals surface area contributed by atoms with Crippen LogP contribution in [0.3, 0.4) is 0 Å². The number of carbonyl (C=O) groups is 1. The van der Waals surface area contributed by atoms with Gasteiger partial charge in [-0.3, -0.25) is 0 Å². The summed E-state index contributed by atoms with van der Waals surface area (Å²) in [7, 11) is 4.63. The first kappa shape index (κ1) is 25.3. The number of hydrogen-bond acceptors (Lipinski definition) is 6. The molecule has 0 radical (unpaired) electrons. The topological polar surface area (TPSA) is 69.3 Å². The van der Waals surface area contributed by atoms with Gasteiger partial charge in [0, 0.05) is 12.2 Å². The predicted octanol–water partition coefficient (Wildman–Crippen LogP) is 5.17. The Bertz CT molecular complexity index is 1250. The first-order valence-electron chi connectivity index (χ1n) is 11.6. The molecule has 3 aromatic carbocycles. The zero-order valence-corrected chi connectivity index (χ0v) is 21.7. The Labute approximate surface area is 216 Å². The molecule has 1 aliphatic rings. The van der Waals surface area contributed by atoms with Crippen LogP contribution in [0.25, 0.3) is 0 Å². The predicted molar refractivity (Wildman–Crippen MR) is 143 cm³/mol. The molecule has 3 aromatic rings. The Balaban J connectivity index is 1.62. The highest BCUT2D eigenvalue weighted by Gasteiger charge is 2.31. The number of anilines is 1. The number of aryl methyl sites for hydroxylation is 1. The van der Waals surface area contributed by atoms with Crippen LogP contribution in [0.5, 0.6) is 17.2 Å². The van der Waals surface area contributed by atoms with Crippen molar-refractivity contribution >= 4 is 29.0 Å². The van der Waals surface area contributed by atoms with E-state index in [0.29, 0.717) is 34.5 Å². The number of esters is 1. The van der Waals surface area contributed by atoms with Gasteiger partial charge in [0.2, 0.25) is 0 Å². The van der Waals surface area contributed by atoms with Crippen molar-refractivity contribution in [2.45, 2.75) is 19.4 Å². The summed E-state index contributed by atoms with van der Waals surface area (Å²) >= 11 is 5.87. The van der Waals surface area contributed by atoms with Gasteiger partial charge in [-0.15, -0.1) is 0 Å². The molecule has 0 spiro atoms. The quantitative estimate of drug-likeness (QED) is 0.348. The molecule has 1 N–H and O–H groups in total. The zero-order valence-electron chi connectivity index (χ0n) is 20.9. The molecule has 4 rings (SSSR count). The molecule has 0 amide bonds. The summed E-state index contributed by atoms with van der Waals surface area (Å²) in [6.07, 6.45) is 0.801. The molecule has 1 heterocycles. The Hall–Kier alpha value is -3.78. The first-order valence-corrected chi connectivity index (χ1v) is 12.0. The van der Waals surface area contributed by atoms with Gasteiger partial charge in [0.1, 0.15) is 12.4 Å². The smallest absolute Gasteiger partial charge is 0.337 e. The lowest BCUT2D eigenvalue weighted by molar-refractivity contribution is 0.0600. The van der Waals surface area contributed by atoms with Gasteiger partial charge in [-0.2, -0.15) is 0 Å². The van der Waals surface area contributed by atoms with Crippen LogP contribution in [-0.2, 0) is 11.2 Å². The third-order valence-electron chi connectivity index (χ3n) is 6.33. The van der Waals surface area contributed by atoms with E-state index in [4.69, 9.17) is 31.2 Å². The number of hydrogen-bond donors (Lipinski definition) is 1. The maximum absolute atomic E-state index is 11.8. The summed E-state index contributed by atoms with van der Waals surface area (Å²) in [5.41, 5.74) is 4.78. The van der Waals surface area contributed by atoms with Crippen LogP contribution in [0.4, 0.5) is 5.69 Å². The second-order valence-corrected chi connectivity index (χ2v) is 8.82. The standard InChI is InChI=1S/C28H30N2O5S/c1-18-7-5-6-8-23(18)29-28(36)30-14-13-20-15-25(32-2)26(33-3)16-22(20)24(30)17-35-21-11-9-19(10-12-21)27(31)34-4/h5-12,15-16,24H,13-14,17H2,1-4H3,(H,29,36)/t24-/m1/s1. The second kappa shape index (κ2) is 11.3. The van der Waals surface area contributed by atoms with Gasteiger partial charge >= 0.3 is 5.97 Å². The minimum absolute atomic E-state index is 0.169. The van der Waals surface area contributed by atoms with E-state index in [1.165, 1.54) is 7.11 Å². The van der Waals surface area contributed by atoms with E-state index >= 15 is 0 Å². The van der Waals surface area contributed by atoms with Crippen molar-refractivity contribution < 1.29 is 23.7 Å². The van der Waals surface area contributed by atoms with Crippen LogP contribution in [0.2, 0.25) is 0 Å². The maximum atomic E-state index is 11.8. The lowest BCUT2D eigenvalue weighted by atomic mass is 9.92. The van der Waals surface area contributed by atoms with Crippen LogP contribution in [0.15, 0.2) is 60.7 Å². The number of rotatable bonds is 7. The molecule has 8 heteroatoms. The number of fused-ring (bicyclic) bond motifs is 1. The number of para-hydroxylation sites is 1. The normalized spacial score (nSPS) is 14.4. The van der Waals surface area contributed by atoms with Crippen LogP contribution in [0.1, 0.15) is 33.1 Å². The largest absolute Gasteiger partial charge is 0.493 e. The van der Waals surface area contributed by atoms with Gasteiger partial charge in [0.25, 0.3) is 0 Å². The number of nitrogens with zero attached hydrogens (tertiary/aromatic N) is 1. The lowest BCUT2D eigenvalue weighted by Crippen LogP contribution is -2.44. The lowest BCUT2D eigenvalue weighted by Gasteiger charge is -2.39. The van der Waals surface area contributed by atoms with E-state index < -0.39 is 0 Å². The van der Waals surface area contributed by atoms with E-state index in [9.17, 15) is 4.79 Å². The molecule has 36 heavy (non-hydrogen) atoms. The monoisotopic (exact) mass is 506 g/mol. The summed E-state index contributed by atoms with van der Waals surface area (Å²) in [5, 5.41) is 4.04. The maximum Gasteiger partial charge on any atom is 0.337 e. The molecule has 1 aliphatic heterocycles. The molecule has 0 aliphatic carbocycles. The Morgan fingerprint density at radius 2 is 1.72 bits per heavy atom. The van der Waals surface area contributed by atoms with Gasteiger partial charge in [0.15, 0.2) is 16.6 Å². The van der Waals surface area contributed by atoms with E-state index in [1.54, 1.807) is 38.5 Å². The third-order valence-corrected chi connectivity index (χ3v) is 6.67. The number of benzene rings is 3. The third kappa shape index (κ3) is 5.39. The van der Waals surface area contributed by atoms with E-state index in [-0.39, 0.29) is 12.0 Å². The molecule has 188 valence electrons. The fourth-order valence-electron chi connectivity index (χ4n) is 4.33. The van der Waals surface area contributed by atoms with E-state index in [0.717, 1.165) is 35.3 Å². The fraction of sp³-hybridized carbons (Fsp3) is 0.286. The summed E-state index contributed by atoms with van der Waals surface area (Å²) < 4.78 is 22.1. The van der Waals surface area contributed by atoms with Crippen LogP contribution < -0.4 is 19.5 Å². The minimum atomic E-state index is -0.386. The number of methoxy groups -OCH3 is 3. The molecular formula is C28H30N2O5S. The van der Waals surface area contributed by atoms with Crippen molar-refractivity contribution in [3.8, 4) is 17.2 Å². The van der Waals surface area contributed by atoms with Crippen molar-refractivity contribution in [3.05, 3.63) is 82.9 Å². The molecule has 0 bridgehead atoms. The summed E-state index contributed by atoms with van der Waals surface area (Å²) in [5.74, 6) is 1.61. The van der Waals surface area contributed by atoms with Crippen molar-refractivity contribution in [3.63, 3.8) is 0 Å². The minimum Gasteiger partial charge on any atom is -0.493 e. The molecule has 0 saturated carbocycles. The zero-order chi connectivity index (χ0) is 25.7. The fourth-order valence-corrected chi connectivity index (χ4v) is 4.66. The van der Waals surface area contributed by atoms with Gasteiger partial charge in [-0.1, -0.05) is 18.2 Å². The Kier molecular flexibility index (Phi) is 7.95. The molecular weight excluding hydrogens is 476 g/mol. The molecule has 7 nitrogen and oxygen atoms in total. The van der Waals surface area contributed by atoms with Gasteiger partial charge in [-0.05, 0) is 84.7 Å². The van der Waals surface area contributed by atoms with Crippen LogP contribution >= 0.6 is 12.2 Å². The van der Waals surface area contributed by atoms with Gasteiger partial charge < -0.3 is 29.2 Å². The van der Waals surface area contributed by atoms with Crippen molar-refractivity contribution in [2.24, 2.45) is 0 Å². The highest BCUT2D eigenvalue weighted by atomic mass is 32.1. The van der Waals surface area contributed by atoms with E-state index in [2.05, 4.69) is 10.2 Å². The molecule has 0 unspecified atom stereocenters. The molecule has 0 saturated heterocycles. The van der Waals surface area contributed by atoms with Crippen molar-refractivity contribution in [1.29, 1.82) is 0 Å². The summed E-state index contributed by atoms with van der Waals surface area (Å²) in [6, 6.07) is 18.8. The second-order valence-electron chi connectivity index (χ2n) is 8.44. The average molecular weight is 507 g/mol. The highest BCUT2D eigenvalue weighted by Crippen LogP contribution is 2.38. The number of ether oxygens (including phenoxy) is 4. The Morgan fingerprint density at radius 1 is 1.03 bits per heavy atom. The van der Waals surface area contributed by atoms with Crippen molar-refractivity contribution in [2.75, 3.05) is 39.8 Å². The number of nitrogens with one attached hydrogen (secondary N) is 1. The average Bonchev–Trinajstić information content (AvgIpc) is 2.91. The summed E-state index contributed by atoms with van der Waals surface area (Å²) in [4.78, 5) is 13.9. The Morgan fingerprint density at radius 3 is 2.39 bits per heavy atom. The first-order chi connectivity index (χ1) is 17.4. The van der Waals surface area contributed by atoms with Gasteiger partial charge in [-0.25, -0.2) is 4.79 Å². The summed E-state index contributed by atoms with van der Waals surface area (Å²) in [6.45, 7) is 3.11. The molecule has 0 fully saturated rings.